The Hall–Kier alpha value is 0.440. The molecule has 0 nitrogen and oxygen atoms in total. The summed E-state index contributed by atoms with van der Waals surface area (Å²) in [5.74, 6) is 1.59. The molecule has 2 rings (SSSR count). The molecule has 4 unspecified atom stereocenters. The third kappa shape index (κ3) is 1.56. The Bertz CT molecular complexity index is 196. The topological polar surface area (TPSA) is 0 Å². The number of alkyl halides is 2. The lowest BCUT2D eigenvalue weighted by molar-refractivity contribution is 0.335. The lowest BCUT2D eigenvalue weighted by Gasteiger charge is -2.36. The molecular weight excluding hydrogens is 280 g/mol. The molecule has 0 bridgehead atoms. The van der Waals surface area contributed by atoms with Gasteiger partial charge in [-0.1, -0.05) is 56.2 Å². The van der Waals surface area contributed by atoms with Crippen molar-refractivity contribution < 1.29 is 0 Å². The van der Waals surface area contributed by atoms with E-state index in [-0.39, 0.29) is 0 Å². The Kier molecular flexibility index (Phi) is 2.75. The van der Waals surface area contributed by atoms with Gasteiger partial charge in [0.1, 0.15) is 0 Å². The summed E-state index contributed by atoms with van der Waals surface area (Å²) in [5, 5.41) is 0. The molecule has 0 N–H and O–H groups in total. The summed E-state index contributed by atoms with van der Waals surface area (Å²) in [6.45, 7) is 0. The van der Waals surface area contributed by atoms with E-state index in [1.807, 2.05) is 0 Å². The highest BCUT2D eigenvalue weighted by Crippen LogP contribution is 2.40. The van der Waals surface area contributed by atoms with Gasteiger partial charge in [0.15, 0.2) is 0 Å². The molecule has 0 spiro atoms. The molecule has 0 heterocycles. The van der Waals surface area contributed by atoms with Crippen molar-refractivity contribution in [1.29, 1.82) is 0 Å². The molecule has 2 aliphatic rings. The van der Waals surface area contributed by atoms with E-state index in [1.165, 1.54) is 12.8 Å². The zero-order valence-electron chi connectivity index (χ0n) is 6.79. The van der Waals surface area contributed by atoms with E-state index in [9.17, 15) is 0 Å². The highest BCUT2D eigenvalue weighted by molar-refractivity contribution is 9.10. The Morgan fingerprint density at radius 2 is 1.25 bits per heavy atom. The highest BCUT2D eigenvalue weighted by atomic mass is 79.9. The number of rotatable bonds is 0. The van der Waals surface area contributed by atoms with Gasteiger partial charge >= 0.3 is 0 Å². The normalized spacial score (nSPS) is 45.8. The first-order chi connectivity index (χ1) is 5.79. The molecule has 4 atom stereocenters. The number of fused-ring (bicyclic) bond motifs is 1. The Labute approximate surface area is 90.4 Å². The lowest BCUT2D eigenvalue weighted by Crippen LogP contribution is -2.32. The maximum absolute atomic E-state index is 3.72. The first-order valence-electron chi connectivity index (χ1n) is 4.40. The Morgan fingerprint density at radius 1 is 0.833 bits per heavy atom. The summed E-state index contributed by atoms with van der Waals surface area (Å²) in [4.78, 5) is 1.17. The maximum Gasteiger partial charge on any atom is 0.0359 e. The van der Waals surface area contributed by atoms with Gasteiger partial charge in [0.2, 0.25) is 0 Å². The SMILES string of the molecule is BrC1C=CCC2C(Br)C=CCC12. The van der Waals surface area contributed by atoms with Crippen LogP contribution in [0.5, 0.6) is 0 Å². The van der Waals surface area contributed by atoms with Gasteiger partial charge in [0.05, 0.1) is 0 Å². The molecule has 2 heteroatoms. The lowest BCUT2D eigenvalue weighted by atomic mass is 9.76. The van der Waals surface area contributed by atoms with Gasteiger partial charge in [-0.15, -0.1) is 0 Å². The average Bonchev–Trinajstić information content (AvgIpc) is 2.07. The Balaban J connectivity index is 2.20. The molecule has 0 aromatic rings. The predicted octanol–water partition coefficient (Wildman–Crippen LogP) is 3.67. The first-order valence-corrected chi connectivity index (χ1v) is 6.23. The van der Waals surface area contributed by atoms with E-state index in [1.54, 1.807) is 0 Å². The van der Waals surface area contributed by atoms with Crippen LogP contribution in [-0.4, -0.2) is 9.65 Å². The molecule has 0 saturated carbocycles. The number of hydrogen-bond acceptors (Lipinski definition) is 0. The summed E-state index contributed by atoms with van der Waals surface area (Å²) in [6.07, 6.45) is 11.6. The highest BCUT2D eigenvalue weighted by Gasteiger charge is 2.33. The zero-order valence-corrected chi connectivity index (χ0v) is 9.96. The van der Waals surface area contributed by atoms with Crippen LogP contribution < -0.4 is 0 Å². The third-order valence-electron chi connectivity index (χ3n) is 2.82. The molecular formula is C10H12Br2. The van der Waals surface area contributed by atoms with Gasteiger partial charge in [0, 0.05) is 9.65 Å². The van der Waals surface area contributed by atoms with Gasteiger partial charge < -0.3 is 0 Å². The van der Waals surface area contributed by atoms with Crippen molar-refractivity contribution in [2.75, 3.05) is 0 Å². The van der Waals surface area contributed by atoms with Crippen LogP contribution in [-0.2, 0) is 0 Å². The fourth-order valence-corrected chi connectivity index (χ4v) is 3.75. The first kappa shape index (κ1) is 9.01. The van der Waals surface area contributed by atoms with Crippen LogP contribution in [0.2, 0.25) is 0 Å². The van der Waals surface area contributed by atoms with Gasteiger partial charge in [-0.25, -0.2) is 0 Å². The van der Waals surface area contributed by atoms with Crippen molar-refractivity contribution in [2.45, 2.75) is 22.5 Å². The molecule has 0 radical (unpaired) electrons. The van der Waals surface area contributed by atoms with Gasteiger partial charge in [-0.3, -0.25) is 0 Å². The summed E-state index contributed by atoms with van der Waals surface area (Å²) in [7, 11) is 0. The van der Waals surface area contributed by atoms with Crippen molar-refractivity contribution in [2.24, 2.45) is 11.8 Å². The molecule has 0 saturated heterocycles. The van der Waals surface area contributed by atoms with Crippen molar-refractivity contribution in [1.82, 2.24) is 0 Å². The maximum atomic E-state index is 3.72. The van der Waals surface area contributed by atoms with E-state index in [0.29, 0.717) is 9.65 Å². The van der Waals surface area contributed by atoms with Gasteiger partial charge in [0.25, 0.3) is 0 Å². The van der Waals surface area contributed by atoms with Crippen LogP contribution in [0.25, 0.3) is 0 Å². The fourth-order valence-electron chi connectivity index (χ4n) is 2.10. The Morgan fingerprint density at radius 3 is 1.67 bits per heavy atom. The van der Waals surface area contributed by atoms with Crippen molar-refractivity contribution in [3.63, 3.8) is 0 Å². The summed E-state index contributed by atoms with van der Waals surface area (Å²) >= 11 is 7.43. The second-order valence-electron chi connectivity index (χ2n) is 3.54. The standard InChI is InChI=1S/C10H12Br2/c11-9-5-1-3-7-8(9)4-2-6-10(7)12/h1-2,5-10H,3-4H2. The smallest absolute Gasteiger partial charge is 0.0359 e. The molecule has 0 fully saturated rings. The molecule has 0 aromatic heterocycles. The van der Waals surface area contributed by atoms with Gasteiger partial charge in [-0.2, -0.15) is 0 Å². The van der Waals surface area contributed by atoms with Crippen LogP contribution in [0.4, 0.5) is 0 Å². The van der Waals surface area contributed by atoms with Crippen LogP contribution in [0.3, 0.4) is 0 Å². The molecule has 12 heavy (non-hydrogen) atoms. The largest absolute Gasteiger partial charge is 0.0871 e. The van der Waals surface area contributed by atoms with Crippen LogP contribution in [0, 0.1) is 11.8 Å². The molecule has 0 amide bonds. The van der Waals surface area contributed by atoms with E-state index in [2.05, 4.69) is 56.2 Å². The average molecular weight is 292 g/mol. The minimum atomic E-state index is 0.584. The van der Waals surface area contributed by atoms with Gasteiger partial charge in [-0.05, 0) is 24.7 Å². The molecule has 66 valence electrons. The van der Waals surface area contributed by atoms with E-state index in [0.717, 1.165) is 11.8 Å². The quantitative estimate of drug-likeness (QED) is 0.472. The number of hydrogen-bond donors (Lipinski definition) is 0. The summed E-state index contributed by atoms with van der Waals surface area (Å²) in [5.41, 5.74) is 0. The van der Waals surface area contributed by atoms with Crippen molar-refractivity contribution in [3.05, 3.63) is 24.3 Å². The van der Waals surface area contributed by atoms with Crippen LogP contribution in [0.1, 0.15) is 12.8 Å². The third-order valence-corrected chi connectivity index (χ3v) is 4.79. The monoisotopic (exact) mass is 290 g/mol. The van der Waals surface area contributed by atoms with Crippen molar-refractivity contribution >= 4 is 31.9 Å². The fraction of sp³-hybridized carbons (Fsp3) is 0.600. The minimum absolute atomic E-state index is 0.584. The molecule has 0 aliphatic heterocycles. The van der Waals surface area contributed by atoms with E-state index < -0.39 is 0 Å². The predicted molar refractivity (Wildman–Crippen MR) is 59.9 cm³/mol. The van der Waals surface area contributed by atoms with Crippen molar-refractivity contribution in [3.8, 4) is 0 Å². The van der Waals surface area contributed by atoms with Crippen LogP contribution >= 0.6 is 31.9 Å². The molecule has 0 aromatic carbocycles. The number of allylic oxidation sites excluding steroid dienone is 4. The van der Waals surface area contributed by atoms with Crippen LogP contribution in [0.15, 0.2) is 24.3 Å². The second kappa shape index (κ2) is 3.67. The summed E-state index contributed by atoms with van der Waals surface area (Å²) < 4.78 is 0. The molecule has 2 aliphatic carbocycles. The van der Waals surface area contributed by atoms with E-state index in [4.69, 9.17) is 0 Å². The zero-order chi connectivity index (χ0) is 8.55. The number of halogens is 2. The summed E-state index contributed by atoms with van der Waals surface area (Å²) in [6, 6.07) is 0. The van der Waals surface area contributed by atoms with E-state index >= 15 is 0 Å². The second-order valence-corrected chi connectivity index (χ2v) is 5.66. The minimum Gasteiger partial charge on any atom is -0.0871 e.